The Morgan fingerprint density at radius 1 is 1.25 bits per heavy atom. The molecule has 0 heterocycles. The highest BCUT2D eigenvalue weighted by molar-refractivity contribution is 7.63. The molecule has 0 saturated heterocycles. The van der Waals surface area contributed by atoms with Gasteiger partial charge in [-0.2, -0.15) is 0 Å². The lowest BCUT2D eigenvalue weighted by atomic mass is 10.0. The van der Waals surface area contributed by atoms with Crippen LogP contribution < -0.4 is 5.32 Å². The molecule has 1 N–H and O–H groups in total. The Morgan fingerprint density at radius 3 is 2.25 bits per heavy atom. The van der Waals surface area contributed by atoms with Gasteiger partial charge < -0.3 is 9.88 Å². The highest BCUT2D eigenvalue weighted by atomic mass is 31.2. The van der Waals surface area contributed by atoms with E-state index in [1.54, 1.807) is 0 Å². The maximum atomic E-state index is 11.9. The van der Waals surface area contributed by atoms with Crippen molar-refractivity contribution in [2.75, 3.05) is 24.4 Å². The summed E-state index contributed by atoms with van der Waals surface area (Å²) < 4.78 is 11.9. The van der Waals surface area contributed by atoms with Gasteiger partial charge in [-0.1, -0.05) is 32.9 Å². The van der Waals surface area contributed by atoms with Gasteiger partial charge in [-0.15, -0.1) is 0 Å². The minimum absolute atomic E-state index is 0.557. The molecule has 16 heavy (non-hydrogen) atoms. The van der Waals surface area contributed by atoms with Crippen LogP contribution in [0.3, 0.4) is 0 Å². The molecule has 0 radical (unpaired) electrons. The van der Waals surface area contributed by atoms with E-state index < -0.39 is 7.14 Å². The zero-order valence-electron chi connectivity index (χ0n) is 10.7. The summed E-state index contributed by atoms with van der Waals surface area (Å²) in [4.78, 5) is 0. The summed E-state index contributed by atoms with van der Waals surface area (Å²) in [5.74, 6) is 0.557. The third-order valence-corrected chi connectivity index (χ3v) is 5.03. The lowest BCUT2D eigenvalue weighted by Gasteiger charge is -2.13. The third kappa shape index (κ3) is 4.02. The number of nitrogens with one attached hydrogen (secondary N) is 1. The summed E-state index contributed by atoms with van der Waals surface area (Å²) in [5, 5.41) is 3.24. The lowest BCUT2D eigenvalue weighted by molar-refractivity contribution is 0.580. The number of anilines is 1. The molecule has 1 aromatic rings. The van der Waals surface area contributed by atoms with Gasteiger partial charge in [-0.25, -0.2) is 0 Å². The summed E-state index contributed by atoms with van der Waals surface area (Å²) in [5.41, 5.74) is 2.39. The lowest BCUT2D eigenvalue weighted by Crippen LogP contribution is -2.03. The molecule has 1 rings (SSSR count). The molecular formula is C13H22NOP. The SMILES string of the molecule is CCP(C)(=O)CNc1ccc(C(C)C)cc1. The molecule has 0 spiro atoms. The molecule has 90 valence electrons. The summed E-state index contributed by atoms with van der Waals surface area (Å²) >= 11 is 0. The topological polar surface area (TPSA) is 29.1 Å². The van der Waals surface area contributed by atoms with Crippen LogP contribution in [-0.4, -0.2) is 19.1 Å². The van der Waals surface area contributed by atoms with Gasteiger partial charge in [0.15, 0.2) is 0 Å². The van der Waals surface area contributed by atoms with Crippen LogP contribution in [0.2, 0.25) is 0 Å². The first-order valence-electron chi connectivity index (χ1n) is 5.84. The quantitative estimate of drug-likeness (QED) is 0.780. The van der Waals surface area contributed by atoms with E-state index in [9.17, 15) is 4.57 Å². The van der Waals surface area contributed by atoms with E-state index in [2.05, 4.69) is 43.4 Å². The van der Waals surface area contributed by atoms with Gasteiger partial charge in [0.1, 0.15) is 7.14 Å². The predicted octanol–water partition coefficient (Wildman–Crippen LogP) is 4.19. The normalized spacial score (nSPS) is 14.8. The monoisotopic (exact) mass is 239 g/mol. The first-order valence-corrected chi connectivity index (χ1v) is 8.36. The van der Waals surface area contributed by atoms with Crippen molar-refractivity contribution in [1.29, 1.82) is 0 Å². The highest BCUT2D eigenvalue weighted by Crippen LogP contribution is 2.39. The molecule has 0 saturated carbocycles. The molecule has 1 aromatic carbocycles. The predicted molar refractivity (Wildman–Crippen MR) is 73.1 cm³/mol. The molecule has 0 bridgehead atoms. The van der Waals surface area contributed by atoms with Crippen molar-refractivity contribution < 1.29 is 4.57 Å². The van der Waals surface area contributed by atoms with E-state index >= 15 is 0 Å². The fourth-order valence-electron chi connectivity index (χ4n) is 1.36. The molecule has 0 aliphatic heterocycles. The van der Waals surface area contributed by atoms with Crippen molar-refractivity contribution in [3.63, 3.8) is 0 Å². The van der Waals surface area contributed by atoms with Crippen LogP contribution in [0.4, 0.5) is 5.69 Å². The Morgan fingerprint density at radius 2 is 1.81 bits per heavy atom. The van der Waals surface area contributed by atoms with Crippen LogP contribution in [-0.2, 0) is 4.57 Å². The van der Waals surface area contributed by atoms with Crippen molar-refractivity contribution in [1.82, 2.24) is 0 Å². The van der Waals surface area contributed by atoms with Gasteiger partial charge >= 0.3 is 0 Å². The second kappa shape index (κ2) is 5.54. The number of hydrogen-bond acceptors (Lipinski definition) is 2. The Labute approximate surface area is 98.8 Å². The Kier molecular flexibility index (Phi) is 4.61. The van der Waals surface area contributed by atoms with Crippen LogP contribution in [0.25, 0.3) is 0 Å². The number of hydrogen-bond donors (Lipinski definition) is 1. The maximum Gasteiger partial charge on any atom is 0.103 e. The molecule has 0 fully saturated rings. The standard InChI is InChI=1S/C13H22NOP/c1-5-16(4,15)10-14-13-8-6-12(7-9-13)11(2)3/h6-9,11,14H,5,10H2,1-4H3. The average molecular weight is 239 g/mol. The van der Waals surface area contributed by atoms with Crippen molar-refractivity contribution in [2.24, 2.45) is 0 Å². The molecule has 0 aromatic heterocycles. The van der Waals surface area contributed by atoms with Gasteiger partial charge in [0, 0.05) is 5.69 Å². The van der Waals surface area contributed by atoms with Gasteiger partial charge in [-0.3, -0.25) is 0 Å². The summed E-state index contributed by atoms with van der Waals surface area (Å²) in [6.45, 7) is 8.19. The fourth-order valence-corrected chi connectivity index (χ4v) is 2.10. The zero-order valence-corrected chi connectivity index (χ0v) is 11.6. The third-order valence-electron chi connectivity index (χ3n) is 2.86. The molecule has 0 aliphatic rings. The van der Waals surface area contributed by atoms with Crippen LogP contribution in [0.1, 0.15) is 32.3 Å². The average Bonchev–Trinajstić information content (AvgIpc) is 2.27. The second-order valence-corrected chi connectivity index (χ2v) is 8.27. The number of benzene rings is 1. The summed E-state index contributed by atoms with van der Waals surface area (Å²) in [6.07, 6.45) is 1.34. The molecule has 2 nitrogen and oxygen atoms in total. The fraction of sp³-hybridized carbons (Fsp3) is 0.538. The van der Waals surface area contributed by atoms with E-state index in [1.807, 2.05) is 13.6 Å². The van der Waals surface area contributed by atoms with E-state index in [1.165, 1.54) is 5.56 Å². The Hall–Kier alpha value is -0.750. The van der Waals surface area contributed by atoms with Crippen molar-refractivity contribution in [3.05, 3.63) is 29.8 Å². The molecule has 0 amide bonds. The van der Waals surface area contributed by atoms with Gasteiger partial charge in [0.2, 0.25) is 0 Å². The van der Waals surface area contributed by atoms with E-state index in [0.717, 1.165) is 11.8 Å². The van der Waals surface area contributed by atoms with Crippen LogP contribution >= 0.6 is 7.14 Å². The Balaban J connectivity index is 2.59. The van der Waals surface area contributed by atoms with Crippen molar-refractivity contribution in [2.45, 2.75) is 26.7 Å². The maximum absolute atomic E-state index is 11.9. The largest absolute Gasteiger partial charge is 0.378 e. The minimum Gasteiger partial charge on any atom is -0.378 e. The van der Waals surface area contributed by atoms with Crippen molar-refractivity contribution >= 4 is 12.8 Å². The van der Waals surface area contributed by atoms with E-state index in [4.69, 9.17) is 0 Å². The van der Waals surface area contributed by atoms with E-state index in [0.29, 0.717) is 12.2 Å². The molecule has 0 aliphatic carbocycles. The van der Waals surface area contributed by atoms with Crippen LogP contribution in [0.15, 0.2) is 24.3 Å². The summed E-state index contributed by atoms with van der Waals surface area (Å²) in [6, 6.07) is 8.37. The smallest absolute Gasteiger partial charge is 0.103 e. The van der Waals surface area contributed by atoms with Gasteiger partial charge in [0.25, 0.3) is 0 Å². The molecule has 1 unspecified atom stereocenters. The van der Waals surface area contributed by atoms with E-state index in [-0.39, 0.29) is 0 Å². The highest BCUT2D eigenvalue weighted by Gasteiger charge is 2.11. The molecule has 1 atom stereocenters. The molecular weight excluding hydrogens is 217 g/mol. The van der Waals surface area contributed by atoms with Crippen LogP contribution in [0, 0.1) is 0 Å². The second-order valence-electron chi connectivity index (χ2n) is 4.72. The Bertz CT molecular complexity index is 370. The first-order chi connectivity index (χ1) is 7.44. The van der Waals surface area contributed by atoms with Gasteiger partial charge in [0.05, 0.1) is 6.29 Å². The number of rotatable bonds is 5. The first kappa shape index (κ1) is 13.3. The van der Waals surface area contributed by atoms with Crippen molar-refractivity contribution in [3.8, 4) is 0 Å². The van der Waals surface area contributed by atoms with Crippen LogP contribution in [0.5, 0.6) is 0 Å². The zero-order chi connectivity index (χ0) is 12.2. The molecule has 3 heteroatoms. The van der Waals surface area contributed by atoms with Gasteiger partial charge in [-0.05, 0) is 36.4 Å². The minimum atomic E-state index is -1.98. The summed E-state index contributed by atoms with van der Waals surface area (Å²) in [7, 11) is -1.98.